The fourth-order valence-electron chi connectivity index (χ4n) is 2.80. The zero-order valence-corrected chi connectivity index (χ0v) is 16.3. The van der Waals surface area contributed by atoms with Crippen molar-refractivity contribution in [2.75, 3.05) is 17.8 Å². The first-order valence-corrected chi connectivity index (χ1v) is 9.75. The Bertz CT molecular complexity index is 931. The van der Waals surface area contributed by atoms with Gasteiger partial charge >= 0.3 is 0 Å². The van der Waals surface area contributed by atoms with Crippen LogP contribution in [-0.4, -0.2) is 33.5 Å². The quantitative estimate of drug-likeness (QED) is 0.702. The van der Waals surface area contributed by atoms with Crippen molar-refractivity contribution in [1.82, 2.24) is 10.6 Å². The molecule has 1 atom stereocenters. The van der Waals surface area contributed by atoms with Crippen molar-refractivity contribution in [3.05, 3.63) is 59.4 Å². The number of benzene rings is 2. The van der Waals surface area contributed by atoms with Gasteiger partial charge in [0.15, 0.2) is 0 Å². The molecule has 1 unspecified atom stereocenters. The number of rotatable bonds is 5. The number of hydrogen-bond acceptors (Lipinski definition) is 4. The van der Waals surface area contributed by atoms with Crippen LogP contribution >= 0.6 is 12.4 Å². The minimum atomic E-state index is -4.02. The Kier molecular flexibility index (Phi) is 6.80. The van der Waals surface area contributed by atoms with E-state index in [1.165, 1.54) is 36.4 Å². The van der Waals surface area contributed by atoms with E-state index in [0.29, 0.717) is 12.1 Å². The molecule has 0 saturated carbocycles. The number of carbonyl (C=O) groups is 1. The number of carbonyl (C=O) groups excluding carboxylic acids is 1. The first-order chi connectivity index (χ1) is 12.4. The maximum atomic E-state index is 13.7. The summed E-state index contributed by atoms with van der Waals surface area (Å²) in [6.45, 7) is 3.27. The van der Waals surface area contributed by atoms with Crippen LogP contribution < -0.4 is 15.4 Å². The van der Waals surface area contributed by atoms with Crippen molar-refractivity contribution < 1.29 is 17.6 Å². The van der Waals surface area contributed by atoms with E-state index in [9.17, 15) is 17.6 Å². The lowest BCUT2D eigenvalue weighted by Gasteiger charge is -2.14. The van der Waals surface area contributed by atoms with Gasteiger partial charge in [0, 0.05) is 18.2 Å². The van der Waals surface area contributed by atoms with Crippen LogP contribution in [-0.2, 0) is 10.0 Å². The fourth-order valence-corrected chi connectivity index (χ4v) is 3.89. The molecule has 1 amide bonds. The normalized spacial score (nSPS) is 16.4. The average molecular weight is 414 g/mol. The van der Waals surface area contributed by atoms with Gasteiger partial charge < -0.3 is 10.6 Å². The van der Waals surface area contributed by atoms with E-state index >= 15 is 0 Å². The Hall–Kier alpha value is -2.16. The molecule has 3 N–H and O–H groups in total. The summed E-state index contributed by atoms with van der Waals surface area (Å²) in [5, 5.41) is 6.05. The highest BCUT2D eigenvalue weighted by Gasteiger charge is 2.22. The fraction of sp³-hybridized carbons (Fsp3) is 0.278. The molecule has 2 aromatic carbocycles. The van der Waals surface area contributed by atoms with E-state index in [1.54, 1.807) is 13.0 Å². The molecule has 6 nitrogen and oxygen atoms in total. The molecule has 1 fully saturated rings. The minimum Gasteiger partial charge on any atom is -0.348 e. The van der Waals surface area contributed by atoms with E-state index in [-0.39, 0.29) is 40.5 Å². The van der Waals surface area contributed by atoms with Crippen LogP contribution in [0.2, 0.25) is 0 Å². The van der Waals surface area contributed by atoms with Gasteiger partial charge in [0.1, 0.15) is 5.82 Å². The number of amides is 1. The number of halogens is 2. The van der Waals surface area contributed by atoms with Crippen molar-refractivity contribution in [1.29, 1.82) is 0 Å². The number of anilines is 1. The van der Waals surface area contributed by atoms with Crippen LogP contribution in [0.4, 0.5) is 10.1 Å². The maximum absolute atomic E-state index is 13.7. The van der Waals surface area contributed by atoms with Gasteiger partial charge in [-0.3, -0.25) is 9.52 Å². The smallest absolute Gasteiger partial charge is 0.262 e. The second kappa shape index (κ2) is 8.69. The Labute approximate surface area is 164 Å². The van der Waals surface area contributed by atoms with Crippen LogP contribution in [0.3, 0.4) is 0 Å². The van der Waals surface area contributed by atoms with Gasteiger partial charge in [-0.25, -0.2) is 12.8 Å². The molecule has 0 spiro atoms. The lowest BCUT2D eigenvalue weighted by molar-refractivity contribution is 0.0939. The van der Waals surface area contributed by atoms with Crippen LogP contribution in [0.15, 0.2) is 47.4 Å². The summed E-state index contributed by atoms with van der Waals surface area (Å²) >= 11 is 0. The minimum absolute atomic E-state index is 0. The van der Waals surface area contributed by atoms with Gasteiger partial charge in [0.25, 0.3) is 15.9 Å². The van der Waals surface area contributed by atoms with E-state index in [0.717, 1.165) is 13.0 Å². The zero-order valence-electron chi connectivity index (χ0n) is 14.7. The molecule has 0 aliphatic carbocycles. The summed E-state index contributed by atoms with van der Waals surface area (Å²) in [7, 11) is -4.02. The predicted octanol–water partition coefficient (Wildman–Crippen LogP) is 2.45. The molecule has 1 aliphatic rings. The second-order valence-electron chi connectivity index (χ2n) is 6.23. The number of hydrogen-bond donors (Lipinski definition) is 3. The van der Waals surface area contributed by atoms with Gasteiger partial charge in [-0.1, -0.05) is 18.2 Å². The summed E-state index contributed by atoms with van der Waals surface area (Å²) in [4.78, 5) is 12.4. The van der Waals surface area contributed by atoms with Crippen LogP contribution in [0, 0.1) is 12.7 Å². The van der Waals surface area contributed by atoms with Gasteiger partial charge in [-0.15, -0.1) is 12.4 Å². The zero-order chi connectivity index (χ0) is 18.7. The Morgan fingerprint density at radius 2 is 1.96 bits per heavy atom. The van der Waals surface area contributed by atoms with Gasteiger partial charge in [0.2, 0.25) is 0 Å². The summed E-state index contributed by atoms with van der Waals surface area (Å²) in [6, 6.07) is 9.81. The molecule has 1 heterocycles. The average Bonchev–Trinajstić information content (AvgIpc) is 3.10. The third-order valence-electron chi connectivity index (χ3n) is 4.28. The lowest BCUT2D eigenvalue weighted by atomic mass is 10.1. The molecule has 146 valence electrons. The molecular weight excluding hydrogens is 393 g/mol. The van der Waals surface area contributed by atoms with E-state index < -0.39 is 15.8 Å². The summed E-state index contributed by atoms with van der Waals surface area (Å²) < 4.78 is 41.1. The molecule has 3 rings (SSSR count). The van der Waals surface area contributed by atoms with E-state index in [1.807, 2.05) is 0 Å². The third kappa shape index (κ3) is 4.97. The molecule has 0 bridgehead atoms. The summed E-state index contributed by atoms with van der Waals surface area (Å²) in [5.41, 5.74) is 0.808. The summed E-state index contributed by atoms with van der Waals surface area (Å²) in [6.07, 6.45) is 0.831. The summed E-state index contributed by atoms with van der Waals surface area (Å²) in [5.74, 6) is -0.992. The van der Waals surface area contributed by atoms with Gasteiger partial charge in [-0.05, 0) is 49.7 Å². The monoisotopic (exact) mass is 413 g/mol. The molecule has 9 heteroatoms. The largest absolute Gasteiger partial charge is 0.348 e. The Morgan fingerprint density at radius 3 is 2.63 bits per heavy atom. The number of aryl methyl sites for hydroxylation is 1. The van der Waals surface area contributed by atoms with Gasteiger partial charge in [0.05, 0.1) is 10.6 Å². The number of nitrogens with one attached hydrogen (secondary N) is 3. The molecular formula is C18H21ClFN3O3S. The van der Waals surface area contributed by atoms with Crippen LogP contribution in [0.1, 0.15) is 22.3 Å². The van der Waals surface area contributed by atoms with E-state index in [4.69, 9.17) is 0 Å². The highest BCUT2D eigenvalue weighted by molar-refractivity contribution is 7.92. The van der Waals surface area contributed by atoms with Crippen molar-refractivity contribution in [2.24, 2.45) is 0 Å². The highest BCUT2D eigenvalue weighted by Crippen LogP contribution is 2.21. The third-order valence-corrected chi connectivity index (χ3v) is 5.64. The maximum Gasteiger partial charge on any atom is 0.262 e. The first kappa shape index (κ1) is 21.1. The van der Waals surface area contributed by atoms with Crippen molar-refractivity contribution in [3.8, 4) is 0 Å². The van der Waals surface area contributed by atoms with Gasteiger partial charge in [-0.2, -0.15) is 0 Å². The van der Waals surface area contributed by atoms with Crippen LogP contribution in [0.5, 0.6) is 0 Å². The SMILES string of the molecule is Cc1ccc(S(=O)(=O)Nc2ccccc2F)cc1C(=O)NC1CCNC1.Cl. The van der Waals surface area contributed by atoms with E-state index in [2.05, 4.69) is 15.4 Å². The second-order valence-corrected chi connectivity index (χ2v) is 7.91. The van der Waals surface area contributed by atoms with Crippen LogP contribution in [0.25, 0.3) is 0 Å². The predicted molar refractivity (Wildman–Crippen MR) is 104 cm³/mol. The molecule has 1 aliphatic heterocycles. The lowest BCUT2D eigenvalue weighted by Crippen LogP contribution is -2.36. The number of para-hydroxylation sites is 1. The topological polar surface area (TPSA) is 87.3 Å². The Balaban J connectivity index is 0.00000261. The Morgan fingerprint density at radius 1 is 1.22 bits per heavy atom. The molecule has 2 aromatic rings. The highest BCUT2D eigenvalue weighted by atomic mass is 35.5. The standard InChI is InChI=1S/C18H20FN3O3S.ClH/c1-12-6-7-14(10-15(12)18(23)21-13-8-9-20-11-13)26(24,25)22-17-5-3-2-4-16(17)19;/h2-7,10,13,20,22H,8-9,11H2,1H3,(H,21,23);1H. The van der Waals surface area contributed by atoms with Crippen molar-refractivity contribution >= 4 is 34.0 Å². The molecule has 27 heavy (non-hydrogen) atoms. The molecule has 1 saturated heterocycles. The number of sulfonamides is 1. The molecule has 0 radical (unpaired) electrons. The van der Waals surface area contributed by atoms with Crippen molar-refractivity contribution in [3.63, 3.8) is 0 Å². The van der Waals surface area contributed by atoms with Crippen molar-refractivity contribution in [2.45, 2.75) is 24.3 Å². The molecule has 0 aromatic heterocycles. The first-order valence-electron chi connectivity index (χ1n) is 8.26.